The summed E-state index contributed by atoms with van der Waals surface area (Å²) in [4.78, 5) is 23.6. The molecule has 0 spiro atoms. The molecule has 4 N–H and O–H groups in total. The molecule has 10 heteroatoms. The average Bonchev–Trinajstić information content (AvgIpc) is 2.60. The molecule has 2 amide bonds. The molecule has 0 bridgehead atoms. The van der Waals surface area contributed by atoms with Crippen molar-refractivity contribution in [2.24, 2.45) is 0 Å². The molecule has 0 unspecified atom stereocenters. The summed E-state index contributed by atoms with van der Waals surface area (Å²) >= 11 is 6.23. The SMILES string of the molecule is COC[C@H](C)NC(=S)NNC(=O)CSCC(=O)Nc1ccc(OC)cc1. The Hall–Kier alpha value is -2.04. The molecule has 0 radical (unpaired) electrons. The Morgan fingerprint density at radius 3 is 2.38 bits per heavy atom. The number of nitrogens with one attached hydrogen (secondary N) is 4. The fourth-order valence-corrected chi connectivity index (χ4v) is 2.69. The van der Waals surface area contributed by atoms with Crippen molar-refractivity contribution in [1.29, 1.82) is 0 Å². The molecule has 1 aromatic rings. The van der Waals surface area contributed by atoms with Gasteiger partial charge in [0.05, 0.1) is 25.2 Å². The van der Waals surface area contributed by atoms with Crippen molar-refractivity contribution < 1.29 is 19.1 Å². The zero-order valence-electron chi connectivity index (χ0n) is 15.0. The topological polar surface area (TPSA) is 101 Å². The van der Waals surface area contributed by atoms with Crippen LogP contribution in [0.4, 0.5) is 5.69 Å². The standard InChI is InChI=1S/C16H24N4O4S2/c1-11(8-23-2)17-16(25)20-19-15(22)10-26-9-14(21)18-12-4-6-13(24-3)7-5-12/h4-7,11H,8-10H2,1-3H3,(H,18,21)(H,19,22)(H2,17,20,25)/t11-/m0/s1. The fourth-order valence-electron chi connectivity index (χ4n) is 1.82. The Bertz CT molecular complexity index is 598. The Morgan fingerprint density at radius 1 is 1.12 bits per heavy atom. The van der Waals surface area contributed by atoms with Crippen LogP contribution < -0.4 is 26.2 Å². The summed E-state index contributed by atoms with van der Waals surface area (Å²) in [6.07, 6.45) is 0. The van der Waals surface area contributed by atoms with Gasteiger partial charge in [-0.1, -0.05) is 0 Å². The summed E-state index contributed by atoms with van der Waals surface area (Å²) in [5.41, 5.74) is 5.74. The van der Waals surface area contributed by atoms with Gasteiger partial charge in [0.25, 0.3) is 0 Å². The maximum Gasteiger partial charge on any atom is 0.248 e. The largest absolute Gasteiger partial charge is 0.497 e. The maximum atomic E-state index is 11.8. The molecule has 1 rings (SSSR count). The molecule has 0 aliphatic rings. The van der Waals surface area contributed by atoms with Crippen LogP contribution in [0.25, 0.3) is 0 Å². The molecule has 0 fully saturated rings. The number of carbonyl (C=O) groups excluding carboxylic acids is 2. The minimum atomic E-state index is -0.282. The van der Waals surface area contributed by atoms with Gasteiger partial charge in [-0.05, 0) is 43.4 Å². The maximum absolute atomic E-state index is 11.8. The van der Waals surface area contributed by atoms with Gasteiger partial charge in [0.15, 0.2) is 5.11 Å². The molecule has 0 aromatic heterocycles. The number of methoxy groups -OCH3 is 2. The van der Waals surface area contributed by atoms with Gasteiger partial charge in [0, 0.05) is 18.8 Å². The van der Waals surface area contributed by atoms with Crippen molar-refractivity contribution in [1.82, 2.24) is 16.2 Å². The van der Waals surface area contributed by atoms with Gasteiger partial charge in [-0.25, -0.2) is 0 Å². The van der Waals surface area contributed by atoms with Gasteiger partial charge in [0.2, 0.25) is 11.8 Å². The van der Waals surface area contributed by atoms with Crippen molar-refractivity contribution in [2.75, 3.05) is 37.6 Å². The third-order valence-corrected chi connectivity index (χ3v) is 4.10. The lowest BCUT2D eigenvalue weighted by molar-refractivity contribution is -0.119. The van der Waals surface area contributed by atoms with Gasteiger partial charge < -0.3 is 20.1 Å². The van der Waals surface area contributed by atoms with E-state index in [0.29, 0.717) is 23.2 Å². The Morgan fingerprint density at radius 2 is 1.77 bits per heavy atom. The number of amides is 2. The van der Waals surface area contributed by atoms with Gasteiger partial charge in [0.1, 0.15) is 5.75 Å². The lowest BCUT2D eigenvalue weighted by atomic mass is 10.3. The minimum Gasteiger partial charge on any atom is -0.497 e. The highest BCUT2D eigenvalue weighted by Crippen LogP contribution is 2.15. The van der Waals surface area contributed by atoms with Crippen LogP contribution in [0.3, 0.4) is 0 Å². The van der Waals surface area contributed by atoms with Gasteiger partial charge >= 0.3 is 0 Å². The molecular formula is C16H24N4O4S2. The van der Waals surface area contributed by atoms with Gasteiger partial charge in [-0.2, -0.15) is 0 Å². The van der Waals surface area contributed by atoms with Crippen LogP contribution in [-0.2, 0) is 14.3 Å². The number of rotatable bonds is 9. The van der Waals surface area contributed by atoms with Crippen LogP contribution >= 0.6 is 24.0 Å². The number of anilines is 1. The molecule has 0 aliphatic heterocycles. The Kier molecular flexibility index (Phi) is 10.4. The smallest absolute Gasteiger partial charge is 0.248 e. The van der Waals surface area contributed by atoms with Crippen molar-refractivity contribution in [3.8, 4) is 5.75 Å². The number of carbonyl (C=O) groups is 2. The third kappa shape index (κ3) is 9.44. The highest BCUT2D eigenvalue weighted by Gasteiger charge is 2.08. The first kappa shape index (κ1) is 22.0. The number of thioether (sulfide) groups is 1. The number of thiocarbonyl (C=S) groups is 1. The number of hydrazine groups is 1. The van der Waals surface area contributed by atoms with E-state index in [1.54, 1.807) is 38.5 Å². The molecule has 0 aliphatic carbocycles. The highest BCUT2D eigenvalue weighted by atomic mass is 32.2. The Labute approximate surface area is 162 Å². The van der Waals surface area contributed by atoms with Crippen molar-refractivity contribution in [2.45, 2.75) is 13.0 Å². The van der Waals surface area contributed by atoms with Crippen LogP contribution in [0.15, 0.2) is 24.3 Å². The second-order valence-corrected chi connectivity index (χ2v) is 6.67. The van der Waals surface area contributed by atoms with Crippen LogP contribution in [0, 0.1) is 0 Å². The zero-order chi connectivity index (χ0) is 19.4. The van der Waals surface area contributed by atoms with E-state index < -0.39 is 0 Å². The van der Waals surface area contributed by atoms with E-state index in [0.717, 1.165) is 0 Å². The summed E-state index contributed by atoms with van der Waals surface area (Å²) in [5, 5.41) is 5.99. The number of hydrogen-bond acceptors (Lipinski definition) is 6. The Balaban J connectivity index is 2.18. The quantitative estimate of drug-likeness (QED) is 0.358. The first-order valence-corrected chi connectivity index (χ1v) is 9.36. The highest BCUT2D eigenvalue weighted by molar-refractivity contribution is 8.00. The second kappa shape index (κ2) is 12.3. The van der Waals surface area contributed by atoms with E-state index >= 15 is 0 Å². The summed E-state index contributed by atoms with van der Waals surface area (Å²) < 4.78 is 10.0. The normalized spacial score (nSPS) is 11.2. The van der Waals surface area contributed by atoms with E-state index in [1.807, 2.05) is 6.92 Å². The third-order valence-electron chi connectivity index (χ3n) is 2.95. The summed E-state index contributed by atoms with van der Waals surface area (Å²) in [6, 6.07) is 7.03. The molecule has 26 heavy (non-hydrogen) atoms. The zero-order valence-corrected chi connectivity index (χ0v) is 16.6. The molecule has 144 valence electrons. The van der Waals surface area contributed by atoms with Crippen molar-refractivity contribution in [3.63, 3.8) is 0 Å². The molecular weight excluding hydrogens is 376 g/mol. The number of hydrogen-bond donors (Lipinski definition) is 4. The fraction of sp³-hybridized carbons (Fsp3) is 0.438. The van der Waals surface area contributed by atoms with Crippen LogP contribution in [0.5, 0.6) is 5.75 Å². The predicted octanol–water partition coefficient (Wildman–Crippen LogP) is 0.897. The minimum absolute atomic E-state index is 0.0212. The first-order valence-electron chi connectivity index (χ1n) is 7.80. The molecule has 0 heterocycles. The molecule has 1 aromatic carbocycles. The second-order valence-electron chi connectivity index (χ2n) is 5.27. The summed E-state index contributed by atoms with van der Waals surface area (Å²) in [6.45, 7) is 2.39. The van der Waals surface area contributed by atoms with Crippen LogP contribution in [0.2, 0.25) is 0 Å². The van der Waals surface area contributed by atoms with Crippen LogP contribution in [-0.4, -0.2) is 55.3 Å². The van der Waals surface area contributed by atoms with E-state index in [2.05, 4.69) is 21.5 Å². The van der Waals surface area contributed by atoms with E-state index in [9.17, 15) is 9.59 Å². The lowest BCUT2D eigenvalue weighted by Crippen LogP contribution is -2.50. The molecule has 8 nitrogen and oxygen atoms in total. The average molecular weight is 401 g/mol. The lowest BCUT2D eigenvalue weighted by Gasteiger charge is -2.16. The molecule has 0 saturated heterocycles. The van der Waals surface area contributed by atoms with E-state index in [-0.39, 0.29) is 29.4 Å². The van der Waals surface area contributed by atoms with Gasteiger partial charge in [-0.3, -0.25) is 20.4 Å². The number of benzene rings is 1. The molecule has 0 saturated carbocycles. The summed E-state index contributed by atoms with van der Waals surface area (Å²) in [7, 11) is 3.17. The monoisotopic (exact) mass is 400 g/mol. The number of ether oxygens (including phenoxy) is 2. The first-order chi connectivity index (χ1) is 12.4. The predicted molar refractivity (Wildman–Crippen MR) is 107 cm³/mol. The van der Waals surface area contributed by atoms with Crippen molar-refractivity contribution >= 4 is 46.6 Å². The van der Waals surface area contributed by atoms with E-state index in [4.69, 9.17) is 21.7 Å². The van der Waals surface area contributed by atoms with E-state index in [1.165, 1.54) is 11.8 Å². The van der Waals surface area contributed by atoms with Gasteiger partial charge in [-0.15, -0.1) is 11.8 Å². The van der Waals surface area contributed by atoms with Crippen LogP contribution in [0.1, 0.15) is 6.92 Å². The van der Waals surface area contributed by atoms with Crippen molar-refractivity contribution in [3.05, 3.63) is 24.3 Å². The molecule has 1 atom stereocenters. The summed E-state index contributed by atoms with van der Waals surface area (Å²) in [5.74, 6) is 0.527.